The number of carbonyl (C=O) groups excluding carboxylic acids is 1. The van der Waals surface area contributed by atoms with E-state index in [1.807, 2.05) is 38.1 Å². The highest BCUT2D eigenvalue weighted by Gasteiger charge is 2.17. The van der Waals surface area contributed by atoms with Crippen molar-refractivity contribution in [2.75, 3.05) is 13.1 Å². The van der Waals surface area contributed by atoms with Crippen molar-refractivity contribution in [1.29, 1.82) is 0 Å². The molecule has 28 heavy (non-hydrogen) atoms. The van der Waals surface area contributed by atoms with Crippen LogP contribution in [0.25, 0.3) is 11.0 Å². The van der Waals surface area contributed by atoms with Gasteiger partial charge in [0.05, 0.1) is 35.5 Å². The summed E-state index contributed by atoms with van der Waals surface area (Å²) >= 11 is 0. The highest BCUT2D eigenvalue weighted by atomic mass is 16.1. The van der Waals surface area contributed by atoms with Crippen LogP contribution in [0.3, 0.4) is 0 Å². The zero-order valence-electron chi connectivity index (χ0n) is 16.6. The number of nitrogens with one attached hydrogen (secondary N) is 2. The van der Waals surface area contributed by atoms with E-state index in [-0.39, 0.29) is 5.91 Å². The minimum absolute atomic E-state index is 0.0785. The van der Waals surface area contributed by atoms with Crippen molar-refractivity contribution < 1.29 is 9.69 Å². The molecule has 0 saturated carbocycles. The molecule has 0 bridgehead atoms. The lowest BCUT2D eigenvalue weighted by Gasteiger charge is -2.15. The molecule has 1 saturated heterocycles. The number of quaternary nitrogens is 1. The number of benzene rings is 2. The first-order valence-electron chi connectivity index (χ1n) is 10.0. The molecule has 0 unspecified atom stereocenters. The third-order valence-electron chi connectivity index (χ3n) is 5.65. The molecule has 2 N–H and O–H groups in total. The zero-order valence-corrected chi connectivity index (χ0v) is 16.6. The topological polar surface area (TPSA) is 59.3 Å². The van der Waals surface area contributed by atoms with Gasteiger partial charge in [-0.1, -0.05) is 24.3 Å². The number of hydrogen-bond acceptors (Lipinski definition) is 3. The Morgan fingerprint density at radius 3 is 2.39 bits per heavy atom. The number of aromatic nitrogens is 2. The first-order chi connectivity index (χ1) is 13.6. The van der Waals surface area contributed by atoms with Gasteiger partial charge in [0.1, 0.15) is 6.54 Å². The van der Waals surface area contributed by atoms with Crippen LogP contribution in [0.4, 0.5) is 0 Å². The van der Waals surface area contributed by atoms with E-state index in [2.05, 4.69) is 33.5 Å². The Kier molecular flexibility index (Phi) is 5.35. The second kappa shape index (κ2) is 8.07. The standard InChI is InChI=1S/C23H26N4O/c1-16-17(2)26-22-13-18(9-10-21(22)25-16)23(28)24-14-19-7-3-4-8-20(19)15-27-11-5-6-12-27/h3-4,7-10,13H,5-6,11-12,14-15H2,1-2H3,(H,24,28)/p+1. The molecule has 1 aromatic heterocycles. The van der Waals surface area contributed by atoms with Gasteiger partial charge in [0.2, 0.25) is 0 Å². The van der Waals surface area contributed by atoms with Crippen LogP contribution in [0.1, 0.15) is 45.7 Å². The second-order valence-electron chi connectivity index (χ2n) is 7.68. The number of fused-ring (bicyclic) bond motifs is 1. The van der Waals surface area contributed by atoms with Crippen molar-refractivity contribution >= 4 is 16.9 Å². The number of carbonyl (C=O) groups is 1. The molecular formula is C23H27N4O+. The summed E-state index contributed by atoms with van der Waals surface area (Å²) in [5.74, 6) is -0.0785. The maximum atomic E-state index is 12.7. The van der Waals surface area contributed by atoms with Gasteiger partial charge in [-0.2, -0.15) is 0 Å². The van der Waals surface area contributed by atoms with Gasteiger partial charge < -0.3 is 10.2 Å². The fraction of sp³-hybridized carbons (Fsp3) is 0.348. The maximum absolute atomic E-state index is 12.7. The summed E-state index contributed by atoms with van der Waals surface area (Å²) in [7, 11) is 0. The van der Waals surface area contributed by atoms with E-state index in [9.17, 15) is 4.79 Å². The monoisotopic (exact) mass is 375 g/mol. The highest BCUT2D eigenvalue weighted by molar-refractivity contribution is 5.97. The average Bonchev–Trinajstić information content (AvgIpc) is 3.21. The molecule has 0 radical (unpaired) electrons. The predicted octanol–water partition coefficient (Wildman–Crippen LogP) is 2.36. The molecule has 1 amide bonds. The molecule has 0 atom stereocenters. The quantitative estimate of drug-likeness (QED) is 0.720. The molecule has 1 aliphatic rings. The van der Waals surface area contributed by atoms with Gasteiger partial charge >= 0.3 is 0 Å². The van der Waals surface area contributed by atoms with E-state index in [1.54, 1.807) is 4.90 Å². The molecule has 5 heteroatoms. The second-order valence-corrected chi connectivity index (χ2v) is 7.68. The molecule has 144 valence electrons. The highest BCUT2D eigenvalue weighted by Crippen LogP contribution is 2.15. The molecule has 3 aromatic rings. The third-order valence-corrected chi connectivity index (χ3v) is 5.65. The summed E-state index contributed by atoms with van der Waals surface area (Å²) in [5.41, 5.74) is 6.53. The van der Waals surface area contributed by atoms with Crippen LogP contribution in [0.2, 0.25) is 0 Å². The summed E-state index contributed by atoms with van der Waals surface area (Å²) < 4.78 is 0. The zero-order chi connectivity index (χ0) is 19.5. The van der Waals surface area contributed by atoms with Crippen LogP contribution in [0.15, 0.2) is 42.5 Å². The van der Waals surface area contributed by atoms with E-state index in [0.717, 1.165) is 29.0 Å². The van der Waals surface area contributed by atoms with Crippen LogP contribution in [0, 0.1) is 13.8 Å². The Balaban J connectivity index is 1.47. The Bertz CT molecular complexity index is 1010. The summed E-state index contributed by atoms with van der Waals surface area (Å²) in [5, 5.41) is 3.07. The molecule has 1 aliphatic heterocycles. The Morgan fingerprint density at radius 1 is 0.964 bits per heavy atom. The van der Waals surface area contributed by atoms with Gasteiger partial charge in [0.25, 0.3) is 5.91 Å². The van der Waals surface area contributed by atoms with Crippen molar-refractivity contribution in [2.45, 2.75) is 39.8 Å². The number of nitrogens with zero attached hydrogens (tertiary/aromatic N) is 2. The molecule has 0 spiro atoms. The molecular weight excluding hydrogens is 348 g/mol. The van der Waals surface area contributed by atoms with Crippen LogP contribution >= 0.6 is 0 Å². The number of rotatable bonds is 5. The number of aryl methyl sites for hydroxylation is 2. The third kappa shape index (κ3) is 4.04. The van der Waals surface area contributed by atoms with Crippen molar-refractivity contribution in [2.24, 2.45) is 0 Å². The Hall–Kier alpha value is -2.79. The predicted molar refractivity (Wildman–Crippen MR) is 110 cm³/mol. The van der Waals surface area contributed by atoms with Gasteiger partial charge in [0, 0.05) is 30.5 Å². The average molecular weight is 375 g/mol. The van der Waals surface area contributed by atoms with Crippen LogP contribution in [0.5, 0.6) is 0 Å². The molecule has 5 nitrogen and oxygen atoms in total. The number of likely N-dealkylation sites (tertiary alicyclic amines) is 1. The van der Waals surface area contributed by atoms with Gasteiger partial charge in [0.15, 0.2) is 0 Å². The van der Waals surface area contributed by atoms with E-state index in [4.69, 9.17) is 0 Å². The largest absolute Gasteiger partial charge is 0.348 e. The van der Waals surface area contributed by atoms with Crippen molar-refractivity contribution in [1.82, 2.24) is 15.3 Å². The van der Waals surface area contributed by atoms with Gasteiger partial charge in [-0.25, -0.2) is 9.97 Å². The van der Waals surface area contributed by atoms with Gasteiger partial charge in [-0.05, 0) is 37.6 Å². The summed E-state index contributed by atoms with van der Waals surface area (Å²) in [6.07, 6.45) is 2.64. The van der Waals surface area contributed by atoms with Crippen molar-refractivity contribution in [3.63, 3.8) is 0 Å². The van der Waals surface area contributed by atoms with E-state index >= 15 is 0 Å². The van der Waals surface area contributed by atoms with E-state index in [1.165, 1.54) is 37.1 Å². The van der Waals surface area contributed by atoms with Gasteiger partial charge in [-0.15, -0.1) is 0 Å². The van der Waals surface area contributed by atoms with Crippen LogP contribution in [-0.2, 0) is 13.1 Å². The summed E-state index contributed by atoms with van der Waals surface area (Å²) in [6, 6.07) is 13.9. The normalized spacial score (nSPS) is 14.5. The lowest BCUT2D eigenvalue weighted by Crippen LogP contribution is -3.08. The lowest BCUT2D eigenvalue weighted by molar-refractivity contribution is -0.901. The fourth-order valence-corrected chi connectivity index (χ4v) is 3.87. The smallest absolute Gasteiger partial charge is 0.251 e. The first-order valence-corrected chi connectivity index (χ1v) is 10.0. The molecule has 1 fully saturated rings. The number of hydrogen-bond donors (Lipinski definition) is 2. The van der Waals surface area contributed by atoms with Gasteiger partial charge in [-0.3, -0.25) is 4.79 Å². The molecule has 2 heterocycles. The van der Waals surface area contributed by atoms with Crippen LogP contribution in [-0.4, -0.2) is 29.0 Å². The Morgan fingerprint density at radius 2 is 1.64 bits per heavy atom. The minimum atomic E-state index is -0.0785. The van der Waals surface area contributed by atoms with Crippen molar-refractivity contribution in [3.05, 3.63) is 70.5 Å². The van der Waals surface area contributed by atoms with Crippen molar-refractivity contribution in [3.8, 4) is 0 Å². The summed E-state index contributed by atoms with van der Waals surface area (Å²) in [6.45, 7) is 7.96. The summed E-state index contributed by atoms with van der Waals surface area (Å²) in [4.78, 5) is 23.4. The Labute approximate surface area is 165 Å². The molecule has 4 rings (SSSR count). The SMILES string of the molecule is Cc1nc2ccc(C(=O)NCc3ccccc3C[NH+]3CCCC3)cc2nc1C. The first kappa shape index (κ1) is 18.6. The number of amides is 1. The fourth-order valence-electron chi connectivity index (χ4n) is 3.87. The molecule has 0 aliphatic carbocycles. The van der Waals surface area contributed by atoms with E-state index < -0.39 is 0 Å². The minimum Gasteiger partial charge on any atom is -0.348 e. The van der Waals surface area contributed by atoms with E-state index in [0.29, 0.717) is 12.1 Å². The molecule has 2 aromatic carbocycles. The van der Waals surface area contributed by atoms with Crippen LogP contribution < -0.4 is 10.2 Å². The lowest BCUT2D eigenvalue weighted by atomic mass is 10.1. The maximum Gasteiger partial charge on any atom is 0.251 e.